The van der Waals surface area contributed by atoms with Crippen LogP contribution in [0.1, 0.15) is 29.7 Å². The Morgan fingerprint density at radius 3 is 2.55 bits per heavy atom. The summed E-state index contributed by atoms with van der Waals surface area (Å²) in [5, 5.41) is 2.97. The summed E-state index contributed by atoms with van der Waals surface area (Å²) >= 11 is 0. The molecule has 0 aliphatic carbocycles. The van der Waals surface area contributed by atoms with Gasteiger partial charge in [-0.1, -0.05) is 6.07 Å². The van der Waals surface area contributed by atoms with E-state index in [0.717, 1.165) is 11.3 Å². The fourth-order valence-corrected chi connectivity index (χ4v) is 2.06. The van der Waals surface area contributed by atoms with Crippen LogP contribution >= 0.6 is 0 Å². The summed E-state index contributed by atoms with van der Waals surface area (Å²) in [4.78, 5) is 12.3. The number of aryl methyl sites for hydroxylation is 3. The number of nitrogens with zero attached hydrogens (tertiary/aromatic N) is 1. The predicted molar refractivity (Wildman–Crippen MR) is 80.6 cm³/mol. The van der Waals surface area contributed by atoms with Crippen LogP contribution in [0.2, 0.25) is 0 Å². The van der Waals surface area contributed by atoms with Gasteiger partial charge in [0.2, 0.25) is 6.04 Å². The molecule has 0 aliphatic rings. The van der Waals surface area contributed by atoms with Gasteiger partial charge in [-0.15, -0.1) is 0 Å². The third-order valence-corrected chi connectivity index (χ3v) is 3.57. The van der Waals surface area contributed by atoms with Gasteiger partial charge in [-0.2, -0.15) is 4.57 Å². The zero-order valence-corrected chi connectivity index (χ0v) is 12.5. The minimum absolute atomic E-state index is 0.0103. The van der Waals surface area contributed by atoms with E-state index in [0.29, 0.717) is 0 Å². The van der Waals surface area contributed by atoms with Crippen molar-refractivity contribution >= 4 is 11.6 Å². The van der Waals surface area contributed by atoms with Crippen molar-refractivity contribution in [1.29, 1.82) is 0 Å². The number of anilines is 1. The summed E-state index contributed by atoms with van der Waals surface area (Å²) in [5.74, 6) is -0.0103. The quantitative estimate of drug-likeness (QED) is 0.853. The number of pyridine rings is 1. The average Bonchev–Trinajstić information content (AvgIpc) is 2.42. The number of carbonyl (C=O) groups is 1. The second-order valence-corrected chi connectivity index (χ2v) is 5.29. The summed E-state index contributed by atoms with van der Waals surface area (Å²) in [6.07, 6.45) is 3.89. The summed E-state index contributed by atoms with van der Waals surface area (Å²) in [6, 6.07) is 9.69. The van der Waals surface area contributed by atoms with Gasteiger partial charge in [-0.3, -0.25) is 4.79 Å². The Kier molecular flexibility index (Phi) is 4.18. The highest BCUT2D eigenvalue weighted by molar-refractivity contribution is 5.92. The molecular formula is C17H21N2O+. The lowest BCUT2D eigenvalue weighted by Gasteiger charge is -2.10. The maximum absolute atomic E-state index is 12.3. The number of amides is 1. The number of aromatic nitrogens is 1. The molecule has 0 fully saturated rings. The summed E-state index contributed by atoms with van der Waals surface area (Å²) < 4.78 is 1.92. The molecule has 20 heavy (non-hydrogen) atoms. The molecule has 0 aliphatic heterocycles. The van der Waals surface area contributed by atoms with Crippen LogP contribution in [0, 0.1) is 20.8 Å². The van der Waals surface area contributed by atoms with E-state index < -0.39 is 0 Å². The van der Waals surface area contributed by atoms with E-state index in [1.165, 1.54) is 11.1 Å². The maximum Gasteiger partial charge on any atom is 0.293 e. The van der Waals surface area contributed by atoms with Crippen LogP contribution in [-0.4, -0.2) is 5.91 Å². The molecule has 104 valence electrons. The minimum atomic E-state index is -0.239. The molecule has 1 aromatic carbocycles. The Morgan fingerprint density at radius 1 is 1.15 bits per heavy atom. The van der Waals surface area contributed by atoms with Crippen molar-refractivity contribution in [3.05, 3.63) is 59.4 Å². The van der Waals surface area contributed by atoms with Crippen molar-refractivity contribution in [3.8, 4) is 0 Å². The van der Waals surface area contributed by atoms with E-state index in [9.17, 15) is 4.79 Å². The molecule has 3 nitrogen and oxygen atoms in total. The summed E-state index contributed by atoms with van der Waals surface area (Å²) in [6.45, 7) is 8.02. The lowest BCUT2D eigenvalue weighted by Crippen LogP contribution is -2.44. The smallest absolute Gasteiger partial charge is 0.293 e. The second-order valence-electron chi connectivity index (χ2n) is 5.29. The average molecular weight is 269 g/mol. The normalized spacial score (nSPS) is 12.0. The molecule has 1 heterocycles. The van der Waals surface area contributed by atoms with Gasteiger partial charge in [0.25, 0.3) is 5.91 Å². The summed E-state index contributed by atoms with van der Waals surface area (Å²) in [5.41, 5.74) is 4.39. The monoisotopic (exact) mass is 269 g/mol. The molecule has 2 rings (SSSR count). The van der Waals surface area contributed by atoms with E-state index in [2.05, 4.69) is 12.2 Å². The van der Waals surface area contributed by atoms with E-state index in [-0.39, 0.29) is 11.9 Å². The van der Waals surface area contributed by atoms with Gasteiger partial charge >= 0.3 is 0 Å². The first-order valence-corrected chi connectivity index (χ1v) is 6.83. The van der Waals surface area contributed by atoms with Gasteiger partial charge in [0, 0.05) is 24.2 Å². The van der Waals surface area contributed by atoms with Gasteiger partial charge < -0.3 is 5.32 Å². The molecular weight excluding hydrogens is 248 g/mol. The van der Waals surface area contributed by atoms with Gasteiger partial charge in [0.15, 0.2) is 12.4 Å². The third-order valence-electron chi connectivity index (χ3n) is 3.57. The first-order chi connectivity index (χ1) is 9.47. The summed E-state index contributed by atoms with van der Waals surface area (Å²) in [7, 11) is 0. The zero-order valence-electron chi connectivity index (χ0n) is 12.5. The van der Waals surface area contributed by atoms with Gasteiger partial charge in [-0.05, 0) is 50.1 Å². The highest BCUT2D eigenvalue weighted by Crippen LogP contribution is 2.15. The largest absolute Gasteiger partial charge is 0.320 e. The van der Waals surface area contributed by atoms with Crippen LogP contribution in [-0.2, 0) is 4.79 Å². The zero-order chi connectivity index (χ0) is 14.7. The van der Waals surface area contributed by atoms with Crippen molar-refractivity contribution in [2.75, 3.05) is 5.32 Å². The van der Waals surface area contributed by atoms with Crippen molar-refractivity contribution in [2.45, 2.75) is 33.7 Å². The first kappa shape index (κ1) is 14.3. The Bertz CT molecular complexity index is 635. The lowest BCUT2D eigenvalue weighted by atomic mass is 10.1. The molecule has 1 N–H and O–H groups in total. The topological polar surface area (TPSA) is 33.0 Å². The van der Waals surface area contributed by atoms with Crippen LogP contribution in [0.25, 0.3) is 0 Å². The van der Waals surface area contributed by atoms with Crippen molar-refractivity contribution in [1.82, 2.24) is 0 Å². The highest BCUT2D eigenvalue weighted by Gasteiger charge is 2.21. The number of hydrogen-bond acceptors (Lipinski definition) is 1. The molecule has 3 heteroatoms. The molecule has 0 radical (unpaired) electrons. The number of hydrogen-bond donors (Lipinski definition) is 1. The lowest BCUT2D eigenvalue weighted by molar-refractivity contribution is -0.705. The van der Waals surface area contributed by atoms with Crippen LogP contribution < -0.4 is 9.88 Å². The highest BCUT2D eigenvalue weighted by atomic mass is 16.2. The molecule has 2 aromatic rings. The third kappa shape index (κ3) is 3.23. The number of nitrogens with one attached hydrogen (secondary N) is 1. The van der Waals surface area contributed by atoms with Crippen molar-refractivity contribution < 1.29 is 9.36 Å². The van der Waals surface area contributed by atoms with Crippen LogP contribution in [0.4, 0.5) is 5.69 Å². The fourth-order valence-electron chi connectivity index (χ4n) is 2.06. The second kappa shape index (κ2) is 5.87. The standard InChI is InChI=1S/C17H20N2O/c1-12-6-5-9-19(11-12)15(4)17(20)18-16-8-7-13(2)14(3)10-16/h5-11,15H,1-4H3/p+1/t15-/m0/s1. The van der Waals surface area contributed by atoms with Crippen LogP contribution in [0.5, 0.6) is 0 Å². The molecule has 1 atom stereocenters. The van der Waals surface area contributed by atoms with Gasteiger partial charge in [0.05, 0.1) is 0 Å². The van der Waals surface area contributed by atoms with Crippen LogP contribution in [0.3, 0.4) is 0 Å². The Labute approximate surface area is 120 Å². The Balaban J connectivity index is 2.13. The molecule has 1 amide bonds. The Hall–Kier alpha value is -2.16. The first-order valence-electron chi connectivity index (χ1n) is 6.83. The van der Waals surface area contributed by atoms with E-state index >= 15 is 0 Å². The van der Waals surface area contributed by atoms with Gasteiger partial charge in [-0.25, -0.2) is 0 Å². The molecule has 0 saturated heterocycles. The van der Waals surface area contributed by atoms with E-state index in [1.54, 1.807) is 0 Å². The number of benzene rings is 1. The van der Waals surface area contributed by atoms with Crippen molar-refractivity contribution in [2.24, 2.45) is 0 Å². The number of carbonyl (C=O) groups excluding carboxylic acids is 1. The predicted octanol–water partition coefficient (Wildman–Crippen LogP) is 3.10. The minimum Gasteiger partial charge on any atom is -0.320 e. The molecule has 0 saturated carbocycles. The molecule has 0 spiro atoms. The number of rotatable bonds is 3. The molecule has 0 bridgehead atoms. The van der Waals surface area contributed by atoms with E-state index in [4.69, 9.17) is 0 Å². The maximum atomic E-state index is 12.3. The molecule has 0 unspecified atom stereocenters. The molecule has 1 aromatic heterocycles. The van der Waals surface area contributed by atoms with Crippen LogP contribution in [0.15, 0.2) is 42.7 Å². The fraction of sp³-hybridized carbons (Fsp3) is 0.294. The van der Waals surface area contributed by atoms with E-state index in [1.807, 2.05) is 68.1 Å². The Morgan fingerprint density at radius 2 is 1.90 bits per heavy atom. The SMILES string of the molecule is Cc1ccc[n+]([C@@H](C)C(=O)Nc2ccc(C)c(C)c2)c1. The van der Waals surface area contributed by atoms with Crippen molar-refractivity contribution in [3.63, 3.8) is 0 Å². The van der Waals surface area contributed by atoms with Gasteiger partial charge in [0.1, 0.15) is 0 Å².